The Morgan fingerprint density at radius 2 is 1.86 bits per heavy atom. The average molecular weight is 286 g/mol. The minimum absolute atomic E-state index is 0.206. The number of anilines is 2. The van der Waals surface area contributed by atoms with E-state index in [9.17, 15) is 4.79 Å². The molecule has 5 heteroatoms. The number of para-hydroxylation sites is 1. The van der Waals surface area contributed by atoms with Crippen molar-refractivity contribution in [1.29, 1.82) is 0 Å². The Bertz CT molecular complexity index is 623. The van der Waals surface area contributed by atoms with Gasteiger partial charge in [0, 0.05) is 12.2 Å². The van der Waals surface area contributed by atoms with Crippen LogP contribution in [0.25, 0.3) is 0 Å². The summed E-state index contributed by atoms with van der Waals surface area (Å²) < 4.78 is 1.62. The van der Waals surface area contributed by atoms with Crippen LogP contribution in [0.4, 0.5) is 11.4 Å². The van der Waals surface area contributed by atoms with E-state index in [-0.39, 0.29) is 5.91 Å². The molecule has 0 bridgehead atoms. The minimum Gasteiger partial charge on any atom is -0.396 e. The van der Waals surface area contributed by atoms with Gasteiger partial charge >= 0.3 is 0 Å². The van der Waals surface area contributed by atoms with Gasteiger partial charge in [-0.25, -0.2) is 0 Å². The summed E-state index contributed by atoms with van der Waals surface area (Å²) >= 11 is 0. The van der Waals surface area contributed by atoms with E-state index in [1.807, 2.05) is 25.1 Å². The third-order valence-electron chi connectivity index (χ3n) is 3.62. The summed E-state index contributed by atoms with van der Waals surface area (Å²) in [6.45, 7) is 6.70. The largest absolute Gasteiger partial charge is 0.396 e. The topological polar surface area (TPSA) is 72.9 Å². The van der Waals surface area contributed by atoms with Gasteiger partial charge in [0.15, 0.2) is 0 Å². The number of nitrogens with zero attached hydrogens (tertiary/aromatic N) is 2. The molecule has 0 radical (unpaired) electrons. The average Bonchev–Trinajstić information content (AvgIpc) is 2.88. The van der Waals surface area contributed by atoms with Crippen LogP contribution in [0.5, 0.6) is 0 Å². The van der Waals surface area contributed by atoms with Crippen molar-refractivity contribution in [2.75, 3.05) is 11.1 Å². The standard InChI is InChI=1S/C16H22N4O/c1-4-11-8-7-9-12(5-2)14(11)19-16(21)15-13(17)10-18-20(15)6-3/h7-10H,4-6,17H2,1-3H3,(H,19,21). The van der Waals surface area contributed by atoms with Crippen molar-refractivity contribution < 1.29 is 4.79 Å². The highest BCUT2D eigenvalue weighted by molar-refractivity contribution is 6.07. The van der Waals surface area contributed by atoms with Crippen LogP contribution in [0, 0.1) is 0 Å². The first kappa shape index (κ1) is 15.1. The van der Waals surface area contributed by atoms with E-state index in [1.165, 1.54) is 6.20 Å². The molecule has 0 spiro atoms. The Morgan fingerprint density at radius 1 is 1.24 bits per heavy atom. The first-order valence-corrected chi connectivity index (χ1v) is 7.35. The highest BCUT2D eigenvalue weighted by atomic mass is 16.2. The van der Waals surface area contributed by atoms with Gasteiger partial charge in [0.25, 0.3) is 5.91 Å². The highest BCUT2D eigenvalue weighted by Gasteiger charge is 2.18. The molecule has 1 amide bonds. The molecule has 0 unspecified atom stereocenters. The maximum atomic E-state index is 12.6. The maximum absolute atomic E-state index is 12.6. The number of aryl methyl sites for hydroxylation is 3. The Labute approximate surface area is 125 Å². The van der Waals surface area contributed by atoms with Gasteiger partial charge in [-0.15, -0.1) is 0 Å². The van der Waals surface area contributed by atoms with Crippen molar-refractivity contribution >= 4 is 17.3 Å². The van der Waals surface area contributed by atoms with Gasteiger partial charge < -0.3 is 11.1 Å². The fraction of sp³-hybridized carbons (Fsp3) is 0.375. The lowest BCUT2D eigenvalue weighted by Crippen LogP contribution is -2.20. The molecule has 1 aromatic carbocycles. The number of nitrogen functional groups attached to an aromatic ring is 1. The molecule has 0 saturated heterocycles. The summed E-state index contributed by atoms with van der Waals surface area (Å²) in [6, 6.07) is 6.10. The van der Waals surface area contributed by atoms with Crippen LogP contribution in [0.2, 0.25) is 0 Å². The molecular formula is C16H22N4O. The molecule has 0 aliphatic rings. The van der Waals surface area contributed by atoms with Crippen LogP contribution < -0.4 is 11.1 Å². The highest BCUT2D eigenvalue weighted by Crippen LogP contribution is 2.24. The molecule has 0 fully saturated rings. The number of aromatic nitrogens is 2. The number of carbonyl (C=O) groups is 1. The second-order valence-corrected chi connectivity index (χ2v) is 4.88. The summed E-state index contributed by atoms with van der Waals surface area (Å²) in [4.78, 5) is 12.6. The zero-order valence-electron chi connectivity index (χ0n) is 12.8. The number of nitrogens with two attached hydrogens (primary N) is 1. The summed E-state index contributed by atoms with van der Waals surface area (Å²) in [5.74, 6) is -0.206. The number of nitrogens with one attached hydrogen (secondary N) is 1. The number of hydrogen-bond donors (Lipinski definition) is 2. The molecule has 0 aliphatic heterocycles. The van der Waals surface area contributed by atoms with Crippen LogP contribution in [0.1, 0.15) is 42.4 Å². The van der Waals surface area contributed by atoms with Gasteiger partial charge in [-0.1, -0.05) is 32.0 Å². The van der Waals surface area contributed by atoms with Crippen molar-refractivity contribution in [2.24, 2.45) is 0 Å². The predicted molar refractivity (Wildman–Crippen MR) is 85.5 cm³/mol. The molecule has 1 heterocycles. The lowest BCUT2D eigenvalue weighted by molar-refractivity contribution is 0.101. The van der Waals surface area contributed by atoms with Crippen LogP contribution in [0.15, 0.2) is 24.4 Å². The van der Waals surface area contributed by atoms with E-state index >= 15 is 0 Å². The smallest absolute Gasteiger partial charge is 0.276 e. The molecule has 2 rings (SSSR count). The molecule has 3 N–H and O–H groups in total. The summed E-state index contributed by atoms with van der Waals surface area (Å²) in [5.41, 5.74) is 9.85. The molecule has 21 heavy (non-hydrogen) atoms. The lowest BCUT2D eigenvalue weighted by Gasteiger charge is -2.15. The van der Waals surface area contributed by atoms with Crippen molar-refractivity contribution in [3.05, 3.63) is 41.2 Å². The Hall–Kier alpha value is -2.30. The number of rotatable bonds is 5. The molecule has 0 atom stereocenters. The van der Waals surface area contributed by atoms with Crippen LogP contribution in [-0.2, 0) is 19.4 Å². The minimum atomic E-state index is -0.206. The predicted octanol–water partition coefficient (Wildman–Crippen LogP) is 2.86. The van der Waals surface area contributed by atoms with E-state index < -0.39 is 0 Å². The normalized spacial score (nSPS) is 10.6. The van der Waals surface area contributed by atoms with Crippen molar-refractivity contribution in [3.8, 4) is 0 Å². The quantitative estimate of drug-likeness (QED) is 0.887. The first-order valence-electron chi connectivity index (χ1n) is 7.35. The van der Waals surface area contributed by atoms with Crippen molar-refractivity contribution in [2.45, 2.75) is 40.2 Å². The molecule has 112 valence electrons. The Kier molecular flexibility index (Phi) is 4.62. The van der Waals surface area contributed by atoms with E-state index in [0.29, 0.717) is 17.9 Å². The van der Waals surface area contributed by atoms with Gasteiger partial charge in [0.05, 0.1) is 11.9 Å². The number of hydrogen-bond acceptors (Lipinski definition) is 3. The zero-order chi connectivity index (χ0) is 15.4. The molecule has 2 aromatic rings. The maximum Gasteiger partial charge on any atom is 0.276 e. The van der Waals surface area contributed by atoms with Gasteiger partial charge in [0.1, 0.15) is 5.69 Å². The molecule has 0 aliphatic carbocycles. The number of carbonyl (C=O) groups excluding carboxylic acids is 1. The van der Waals surface area contributed by atoms with Gasteiger partial charge in [-0.3, -0.25) is 9.48 Å². The first-order chi connectivity index (χ1) is 10.1. The van der Waals surface area contributed by atoms with Gasteiger partial charge in [0.2, 0.25) is 0 Å². The van der Waals surface area contributed by atoms with E-state index in [2.05, 4.69) is 24.3 Å². The van der Waals surface area contributed by atoms with E-state index in [1.54, 1.807) is 4.68 Å². The second-order valence-electron chi connectivity index (χ2n) is 4.88. The number of amides is 1. The van der Waals surface area contributed by atoms with Gasteiger partial charge in [-0.05, 0) is 30.9 Å². The van der Waals surface area contributed by atoms with E-state index in [0.717, 1.165) is 29.7 Å². The SMILES string of the molecule is CCc1cccc(CC)c1NC(=O)c1c(N)cnn1CC. The molecule has 1 aromatic heterocycles. The fourth-order valence-electron chi connectivity index (χ4n) is 2.46. The Morgan fingerprint density at radius 3 is 2.38 bits per heavy atom. The summed E-state index contributed by atoms with van der Waals surface area (Å²) in [7, 11) is 0. The zero-order valence-corrected chi connectivity index (χ0v) is 12.8. The van der Waals surface area contributed by atoms with Gasteiger partial charge in [-0.2, -0.15) is 5.10 Å². The van der Waals surface area contributed by atoms with Crippen molar-refractivity contribution in [1.82, 2.24) is 9.78 Å². The third kappa shape index (κ3) is 2.91. The molecular weight excluding hydrogens is 264 g/mol. The monoisotopic (exact) mass is 286 g/mol. The lowest BCUT2D eigenvalue weighted by atomic mass is 10.0. The second kappa shape index (κ2) is 6.43. The summed E-state index contributed by atoms with van der Waals surface area (Å²) in [6.07, 6.45) is 3.25. The van der Waals surface area contributed by atoms with Crippen LogP contribution in [-0.4, -0.2) is 15.7 Å². The van der Waals surface area contributed by atoms with Crippen molar-refractivity contribution in [3.63, 3.8) is 0 Å². The Balaban J connectivity index is 2.38. The summed E-state index contributed by atoms with van der Waals surface area (Å²) in [5, 5.41) is 7.13. The van der Waals surface area contributed by atoms with Crippen LogP contribution >= 0.6 is 0 Å². The molecule has 0 saturated carbocycles. The van der Waals surface area contributed by atoms with Crippen LogP contribution in [0.3, 0.4) is 0 Å². The fourth-order valence-corrected chi connectivity index (χ4v) is 2.46. The molecule has 5 nitrogen and oxygen atoms in total. The third-order valence-corrected chi connectivity index (χ3v) is 3.62. The van der Waals surface area contributed by atoms with E-state index in [4.69, 9.17) is 5.73 Å². The number of benzene rings is 1.